The summed E-state index contributed by atoms with van der Waals surface area (Å²) in [5.41, 5.74) is 2.47. The van der Waals surface area contributed by atoms with Gasteiger partial charge in [0.2, 0.25) is 5.91 Å². The molecule has 38 heavy (non-hydrogen) atoms. The highest BCUT2D eigenvalue weighted by atomic mass is 35.5. The monoisotopic (exact) mass is 579 g/mol. The lowest BCUT2D eigenvalue weighted by Crippen LogP contribution is -2.21. The Hall–Kier alpha value is -3.09. The molecule has 13 heteroatoms. The Balaban J connectivity index is 1.70. The fourth-order valence-corrected chi connectivity index (χ4v) is 5.75. The molecule has 1 N–H and O–H groups in total. The molecule has 0 radical (unpaired) electrons. The number of hydrogen-bond acceptors (Lipinski definition) is 9. The van der Waals surface area contributed by atoms with Gasteiger partial charge in [0.1, 0.15) is 10.8 Å². The minimum atomic E-state index is -0.627. The minimum Gasteiger partial charge on any atom is -0.483 e. The van der Waals surface area contributed by atoms with Crippen molar-refractivity contribution in [1.29, 1.82) is 0 Å². The molecular formula is C25H30ClN5O5S2. The highest BCUT2D eigenvalue weighted by molar-refractivity contribution is 7.99. The smallest absolute Gasteiger partial charge is 0.341 e. The van der Waals surface area contributed by atoms with E-state index >= 15 is 0 Å². The average molecular weight is 580 g/mol. The van der Waals surface area contributed by atoms with Gasteiger partial charge in [-0.2, -0.15) is 0 Å². The second kappa shape index (κ2) is 12.2. The van der Waals surface area contributed by atoms with E-state index in [1.54, 1.807) is 32.6 Å². The number of aromatic nitrogens is 3. The van der Waals surface area contributed by atoms with Gasteiger partial charge in [-0.15, -0.1) is 21.5 Å². The van der Waals surface area contributed by atoms with Crippen molar-refractivity contribution >= 4 is 57.5 Å². The predicted octanol–water partition coefficient (Wildman–Crippen LogP) is 4.81. The lowest BCUT2D eigenvalue weighted by atomic mass is 10.1. The number of anilines is 1. The Morgan fingerprint density at radius 1 is 1.18 bits per heavy atom. The lowest BCUT2D eigenvalue weighted by molar-refractivity contribution is -0.113. The van der Waals surface area contributed by atoms with E-state index in [9.17, 15) is 14.4 Å². The summed E-state index contributed by atoms with van der Waals surface area (Å²) in [6.45, 7) is 7.36. The SMILES string of the molecule is COC(=O)c1c(NC(=O)CSc2nnc(C(C)Oc3cc(C)c(Cl)c(C)c3)n2C)sc(C(=O)N(C)C)c1C. The summed E-state index contributed by atoms with van der Waals surface area (Å²) in [5, 5.41) is 12.7. The Labute approximate surface area is 234 Å². The number of carbonyl (C=O) groups is 3. The zero-order valence-corrected chi connectivity index (χ0v) is 24.9. The number of ether oxygens (including phenoxy) is 2. The Morgan fingerprint density at radius 2 is 1.82 bits per heavy atom. The van der Waals surface area contributed by atoms with Crippen LogP contribution in [0.25, 0.3) is 0 Å². The van der Waals surface area contributed by atoms with Crippen LogP contribution in [-0.2, 0) is 16.6 Å². The zero-order valence-electron chi connectivity index (χ0n) is 22.5. The number of carbonyl (C=O) groups excluding carboxylic acids is 3. The first kappa shape index (κ1) is 29.5. The molecule has 2 aromatic heterocycles. The molecular weight excluding hydrogens is 550 g/mol. The van der Waals surface area contributed by atoms with E-state index in [1.807, 2.05) is 32.9 Å². The van der Waals surface area contributed by atoms with Crippen molar-refractivity contribution in [3.63, 3.8) is 0 Å². The first-order chi connectivity index (χ1) is 17.8. The van der Waals surface area contributed by atoms with Crippen molar-refractivity contribution < 1.29 is 23.9 Å². The molecule has 3 aromatic rings. The van der Waals surface area contributed by atoms with Gasteiger partial charge < -0.3 is 24.3 Å². The molecule has 0 aliphatic rings. The number of benzene rings is 1. The lowest BCUT2D eigenvalue weighted by Gasteiger charge is -2.16. The van der Waals surface area contributed by atoms with Gasteiger partial charge in [-0.25, -0.2) is 4.79 Å². The summed E-state index contributed by atoms with van der Waals surface area (Å²) in [7, 11) is 6.28. The highest BCUT2D eigenvalue weighted by Crippen LogP contribution is 2.35. The van der Waals surface area contributed by atoms with Crippen molar-refractivity contribution in [3.8, 4) is 5.75 Å². The molecule has 204 valence electrons. The van der Waals surface area contributed by atoms with Crippen LogP contribution in [0.5, 0.6) is 5.75 Å². The molecule has 1 aromatic carbocycles. The Morgan fingerprint density at radius 3 is 2.39 bits per heavy atom. The zero-order chi connectivity index (χ0) is 28.3. The molecule has 10 nitrogen and oxygen atoms in total. The number of halogens is 1. The molecule has 0 saturated heterocycles. The van der Waals surface area contributed by atoms with E-state index in [1.165, 1.54) is 23.8 Å². The number of thioether (sulfide) groups is 1. The van der Waals surface area contributed by atoms with Crippen LogP contribution in [0.2, 0.25) is 5.02 Å². The van der Waals surface area contributed by atoms with E-state index in [0.29, 0.717) is 32.2 Å². The summed E-state index contributed by atoms with van der Waals surface area (Å²) in [6.07, 6.45) is -0.403. The topological polar surface area (TPSA) is 116 Å². The third-order valence-electron chi connectivity index (χ3n) is 5.68. The average Bonchev–Trinajstić information content (AvgIpc) is 3.38. The number of methoxy groups -OCH3 is 1. The molecule has 0 fully saturated rings. The van der Waals surface area contributed by atoms with Crippen LogP contribution in [-0.4, -0.2) is 64.4 Å². The normalized spacial score (nSPS) is 11.7. The highest BCUT2D eigenvalue weighted by Gasteiger charge is 2.27. The van der Waals surface area contributed by atoms with Gasteiger partial charge in [0.25, 0.3) is 5.91 Å². The fourth-order valence-electron chi connectivity index (χ4n) is 3.69. The standard InChI is InChI=1S/C25H30ClN5O5S2/c1-12-9-16(10-13(2)19(12)26)36-15(4)21-28-29-25(31(21)7)37-11-17(32)27-22-18(24(34)35-8)14(3)20(38-22)23(33)30(5)6/h9-10,15H,11H2,1-8H3,(H,27,32). The number of amides is 2. The molecule has 0 aliphatic carbocycles. The summed E-state index contributed by atoms with van der Waals surface area (Å²) in [4.78, 5) is 39.5. The first-order valence-electron chi connectivity index (χ1n) is 11.5. The maximum Gasteiger partial charge on any atom is 0.341 e. The molecule has 1 unspecified atom stereocenters. The second-order valence-corrected chi connectivity index (χ2v) is 11.2. The first-order valence-corrected chi connectivity index (χ1v) is 13.7. The van der Waals surface area contributed by atoms with Crippen LogP contribution in [0.3, 0.4) is 0 Å². The summed E-state index contributed by atoms with van der Waals surface area (Å²) in [5.74, 6) is 0.00827. The van der Waals surface area contributed by atoms with Gasteiger partial charge in [0, 0.05) is 26.2 Å². The van der Waals surface area contributed by atoms with Crippen molar-refractivity contribution in [2.45, 2.75) is 39.0 Å². The van der Waals surface area contributed by atoms with E-state index in [4.69, 9.17) is 21.1 Å². The second-order valence-electron chi connectivity index (χ2n) is 8.82. The minimum absolute atomic E-state index is 0.00526. The number of thiophene rings is 1. The van der Waals surface area contributed by atoms with Crippen LogP contribution in [0.4, 0.5) is 5.00 Å². The van der Waals surface area contributed by atoms with Gasteiger partial charge in [-0.05, 0) is 56.5 Å². The van der Waals surface area contributed by atoms with Gasteiger partial charge in [-0.1, -0.05) is 23.4 Å². The molecule has 0 aliphatic heterocycles. The largest absolute Gasteiger partial charge is 0.483 e. The molecule has 0 saturated carbocycles. The number of nitrogens with one attached hydrogen (secondary N) is 1. The predicted molar refractivity (Wildman–Crippen MR) is 149 cm³/mol. The van der Waals surface area contributed by atoms with Crippen LogP contribution in [0.1, 0.15) is 55.6 Å². The van der Waals surface area contributed by atoms with Crippen molar-refractivity contribution in [1.82, 2.24) is 19.7 Å². The van der Waals surface area contributed by atoms with Crippen LogP contribution in [0.15, 0.2) is 17.3 Å². The summed E-state index contributed by atoms with van der Waals surface area (Å²) in [6, 6.07) is 3.74. The van der Waals surface area contributed by atoms with E-state index < -0.39 is 12.1 Å². The van der Waals surface area contributed by atoms with E-state index in [2.05, 4.69) is 15.5 Å². The van der Waals surface area contributed by atoms with Crippen LogP contribution >= 0.6 is 34.7 Å². The number of hydrogen-bond donors (Lipinski definition) is 1. The molecule has 2 amide bonds. The van der Waals surface area contributed by atoms with E-state index in [-0.39, 0.29) is 28.1 Å². The molecule has 2 heterocycles. The molecule has 0 spiro atoms. The van der Waals surface area contributed by atoms with Gasteiger partial charge in [0.15, 0.2) is 17.1 Å². The molecule has 3 rings (SSSR count). The van der Waals surface area contributed by atoms with Crippen LogP contribution in [0, 0.1) is 20.8 Å². The third-order valence-corrected chi connectivity index (χ3v) is 8.49. The summed E-state index contributed by atoms with van der Waals surface area (Å²) >= 11 is 8.48. The number of esters is 1. The van der Waals surface area contributed by atoms with Gasteiger partial charge in [0.05, 0.1) is 23.3 Å². The molecule has 1 atom stereocenters. The maximum absolute atomic E-state index is 12.8. The van der Waals surface area contributed by atoms with Crippen molar-refractivity contribution in [2.24, 2.45) is 7.05 Å². The van der Waals surface area contributed by atoms with Crippen molar-refractivity contribution in [3.05, 3.63) is 50.1 Å². The van der Waals surface area contributed by atoms with Gasteiger partial charge in [-0.3, -0.25) is 9.59 Å². The van der Waals surface area contributed by atoms with Crippen LogP contribution < -0.4 is 10.1 Å². The number of nitrogens with zero attached hydrogens (tertiary/aromatic N) is 4. The fraction of sp³-hybridized carbons (Fsp3) is 0.400. The van der Waals surface area contributed by atoms with Gasteiger partial charge >= 0.3 is 5.97 Å². The Kier molecular flexibility index (Phi) is 9.45. The summed E-state index contributed by atoms with van der Waals surface area (Å²) < 4.78 is 12.7. The van der Waals surface area contributed by atoms with Crippen molar-refractivity contribution in [2.75, 3.05) is 32.3 Å². The quantitative estimate of drug-likeness (QED) is 0.283. The Bertz CT molecular complexity index is 1360. The third kappa shape index (κ3) is 6.30. The maximum atomic E-state index is 12.8. The molecule has 0 bridgehead atoms. The van der Waals surface area contributed by atoms with E-state index in [0.717, 1.165) is 22.5 Å². The number of rotatable bonds is 9. The number of aryl methyl sites for hydroxylation is 2.